The molecule has 0 radical (unpaired) electrons. The summed E-state index contributed by atoms with van der Waals surface area (Å²) >= 11 is 0. The van der Waals surface area contributed by atoms with E-state index in [4.69, 9.17) is 0 Å². The smallest absolute Gasteiger partial charge is 0.0499 e. The number of aromatic nitrogens is 1. The molecule has 0 spiro atoms. The summed E-state index contributed by atoms with van der Waals surface area (Å²) in [6.07, 6.45) is 1.14. The summed E-state index contributed by atoms with van der Waals surface area (Å²) in [7, 11) is 0. The third-order valence-electron chi connectivity index (χ3n) is 3.81. The minimum absolute atomic E-state index is 0.478. The standard InChI is InChI=1S/C15H20N2/c1-9(2)14-15-12(6-7-16-14)11-5-4-10(3)8-13(11)17-15/h4-5,8-9,14,16-17H,6-7H2,1-3H3. The van der Waals surface area contributed by atoms with E-state index in [1.807, 2.05) is 0 Å². The van der Waals surface area contributed by atoms with Gasteiger partial charge in [-0.2, -0.15) is 0 Å². The van der Waals surface area contributed by atoms with Crippen LogP contribution in [0.4, 0.5) is 0 Å². The molecular formula is C15H20N2. The molecule has 2 aromatic rings. The first kappa shape index (κ1) is 10.8. The molecule has 1 aliphatic heterocycles. The molecule has 0 bridgehead atoms. The lowest BCUT2D eigenvalue weighted by atomic mass is 9.92. The molecule has 0 aliphatic carbocycles. The molecule has 2 N–H and O–H groups in total. The average molecular weight is 228 g/mol. The van der Waals surface area contributed by atoms with Crippen LogP contribution >= 0.6 is 0 Å². The highest BCUT2D eigenvalue weighted by molar-refractivity contribution is 5.85. The fourth-order valence-corrected chi connectivity index (χ4v) is 2.95. The van der Waals surface area contributed by atoms with Crippen LogP contribution in [0.2, 0.25) is 0 Å². The van der Waals surface area contributed by atoms with Gasteiger partial charge in [0.1, 0.15) is 0 Å². The number of fused-ring (bicyclic) bond motifs is 3. The predicted molar refractivity (Wildman–Crippen MR) is 72.3 cm³/mol. The first-order valence-electron chi connectivity index (χ1n) is 6.51. The summed E-state index contributed by atoms with van der Waals surface area (Å²) in [6.45, 7) is 7.81. The van der Waals surface area contributed by atoms with E-state index in [-0.39, 0.29) is 0 Å². The maximum Gasteiger partial charge on any atom is 0.0499 e. The third-order valence-corrected chi connectivity index (χ3v) is 3.81. The van der Waals surface area contributed by atoms with Crippen LogP contribution in [-0.4, -0.2) is 11.5 Å². The Balaban J connectivity index is 2.21. The van der Waals surface area contributed by atoms with Crippen molar-refractivity contribution < 1.29 is 0 Å². The summed E-state index contributed by atoms with van der Waals surface area (Å²) in [5, 5.41) is 5.03. The fourth-order valence-electron chi connectivity index (χ4n) is 2.95. The van der Waals surface area contributed by atoms with Crippen molar-refractivity contribution in [3.05, 3.63) is 35.0 Å². The first-order chi connectivity index (χ1) is 8.16. The maximum absolute atomic E-state index is 3.63. The second-order valence-corrected chi connectivity index (χ2v) is 5.49. The van der Waals surface area contributed by atoms with Crippen LogP contribution in [0.1, 0.15) is 36.7 Å². The molecular weight excluding hydrogens is 208 g/mol. The average Bonchev–Trinajstić information content (AvgIpc) is 2.65. The van der Waals surface area contributed by atoms with Crippen LogP contribution in [0.15, 0.2) is 18.2 Å². The highest BCUT2D eigenvalue weighted by Crippen LogP contribution is 2.33. The van der Waals surface area contributed by atoms with Crippen molar-refractivity contribution in [3.63, 3.8) is 0 Å². The number of H-pyrrole nitrogens is 1. The van der Waals surface area contributed by atoms with E-state index >= 15 is 0 Å². The third kappa shape index (κ3) is 1.67. The first-order valence-corrected chi connectivity index (χ1v) is 6.51. The molecule has 1 aromatic carbocycles. The Kier molecular flexibility index (Phi) is 2.48. The minimum atomic E-state index is 0.478. The zero-order chi connectivity index (χ0) is 12.0. The fraction of sp³-hybridized carbons (Fsp3) is 0.467. The number of hydrogen-bond donors (Lipinski definition) is 2. The van der Waals surface area contributed by atoms with Crippen molar-refractivity contribution >= 4 is 10.9 Å². The van der Waals surface area contributed by atoms with Gasteiger partial charge >= 0.3 is 0 Å². The molecule has 90 valence electrons. The van der Waals surface area contributed by atoms with Gasteiger partial charge in [0.15, 0.2) is 0 Å². The summed E-state index contributed by atoms with van der Waals surface area (Å²) in [6, 6.07) is 7.21. The molecule has 3 rings (SSSR count). The number of benzene rings is 1. The van der Waals surface area contributed by atoms with E-state index in [0.29, 0.717) is 12.0 Å². The summed E-state index contributed by atoms with van der Waals surface area (Å²) < 4.78 is 0. The van der Waals surface area contributed by atoms with E-state index in [2.05, 4.69) is 49.3 Å². The van der Waals surface area contributed by atoms with Gasteiger partial charge in [-0.1, -0.05) is 26.0 Å². The summed E-state index contributed by atoms with van der Waals surface area (Å²) in [4.78, 5) is 3.63. The Hall–Kier alpha value is -1.28. The predicted octanol–water partition coefficient (Wildman–Crippen LogP) is 3.32. The molecule has 2 heteroatoms. The maximum atomic E-state index is 3.63. The summed E-state index contributed by atoms with van der Waals surface area (Å²) in [5.41, 5.74) is 5.55. The Bertz CT molecular complexity index is 551. The Morgan fingerprint density at radius 3 is 2.88 bits per heavy atom. The van der Waals surface area contributed by atoms with Crippen molar-refractivity contribution in [1.29, 1.82) is 0 Å². The quantitative estimate of drug-likeness (QED) is 0.770. The Labute approximate surface area is 102 Å². The number of aromatic amines is 1. The van der Waals surface area contributed by atoms with E-state index in [1.54, 1.807) is 0 Å². The van der Waals surface area contributed by atoms with Gasteiger partial charge in [-0.15, -0.1) is 0 Å². The zero-order valence-corrected chi connectivity index (χ0v) is 10.8. The lowest BCUT2D eigenvalue weighted by Crippen LogP contribution is -2.32. The van der Waals surface area contributed by atoms with E-state index in [9.17, 15) is 0 Å². The molecule has 17 heavy (non-hydrogen) atoms. The number of nitrogens with one attached hydrogen (secondary N) is 2. The van der Waals surface area contributed by atoms with Crippen molar-refractivity contribution in [2.24, 2.45) is 5.92 Å². The zero-order valence-electron chi connectivity index (χ0n) is 10.8. The highest BCUT2D eigenvalue weighted by Gasteiger charge is 2.25. The molecule has 2 heterocycles. The van der Waals surface area contributed by atoms with Gasteiger partial charge in [-0.3, -0.25) is 0 Å². The minimum Gasteiger partial charge on any atom is -0.357 e. The van der Waals surface area contributed by atoms with Crippen LogP contribution in [-0.2, 0) is 6.42 Å². The van der Waals surface area contributed by atoms with Crippen LogP contribution in [0.5, 0.6) is 0 Å². The van der Waals surface area contributed by atoms with Crippen molar-refractivity contribution in [2.75, 3.05) is 6.54 Å². The van der Waals surface area contributed by atoms with Gasteiger partial charge < -0.3 is 10.3 Å². The van der Waals surface area contributed by atoms with Gasteiger partial charge in [0.25, 0.3) is 0 Å². The monoisotopic (exact) mass is 228 g/mol. The normalized spacial score (nSPS) is 19.9. The Morgan fingerprint density at radius 2 is 2.12 bits per heavy atom. The van der Waals surface area contributed by atoms with Crippen LogP contribution in [0.25, 0.3) is 10.9 Å². The number of rotatable bonds is 1. The molecule has 0 amide bonds. The summed E-state index contributed by atoms with van der Waals surface area (Å²) in [5.74, 6) is 0.628. The van der Waals surface area contributed by atoms with Crippen LogP contribution in [0.3, 0.4) is 0 Å². The van der Waals surface area contributed by atoms with E-state index in [1.165, 1.54) is 27.7 Å². The SMILES string of the molecule is Cc1ccc2c3c([nH]c2c1)C(C(C)C)NCC3. The van der Waals surface area contributed by atoms with Crippen molar-refractivity contribution in [2.45, 2.75) is 33.2 Å². The molecule has 2 nitrogen and oxygen atoms in total. The lowest BCUT2D eigenvalue weighted by Gasteiger charge is -2.27. The van der Waals surface area contributed by atoms with Gasteiger partial charge in [0, 0.05) is 22.6 Å². The molecule has 0 fully saturated rings. The van der Waals surface area contributed by atoms with Crippen molar-refractivity contribution in [3.8, 4) is 0 Å². The lowest BCUT2D eigenvalue weighted by molar-refractivity contribution is 0.389. The molecule has 1 unspecified atom stereocenters. The van der Waals surface area contributed by atoms with Crippen LogP contribution in [0, 0.1) is 12.8 Å². The number of aryl methyl sites for hydroxylation is 1. The van der Waals surface area contributed by atoms with Crippen molar-refractivity contribution in [1.82, 2.24) is 10.3 Å². The molecule has 1 aliphatic rings. The molecule has 0 saturated carbocycles. The molecule has 1 atom stereocenters. The topological polar surface area (TPSA) is 27.8 Å². The van der Waals surface area contributed by atoms with Gasteiger partial charge in [-0.25, -0.2) is 0 Å². The number of hydrogen-bond acceptors (Lipinski definition) is 1. The molecule has 1 aromatic heterocycles. The largest absolute Gasteiger partial charge is 0.357 e. The van der Waals surface area contributed by atoms with E-state index < -0.39 is 0 Å². The van der Waals surface area contributed by atoms with Gasteiger partial charge in [-0.05, 0) is 43.0 Å². The van der Waals surface area contributed by atoms with E-state index in [0.717, 1.165) is 13.0 Å². The second kappa shape index (κ2) is 3.88. The Morgan fingerprint density at radius 1 is 1.29 bits per heavy atom. The van der Waals surface area contributed by atoms with Gasteiger partial charge in [0.2, 0.25) is 0 Å². The molecule has 0 saturated heterocycles. The van der Waals surface area contributed by atoms with Gasteiger partial charge in [0.05, 0.1) is 0 Å². The highest BCUT2D eigenvalue weighted by atomic mass is 15.0. The second-order valence-electron chi connectivity index (χ2n) is 5.49. The van der Waals surface area contributed by atoms with Crippen LogP contribution < -0.4 is 5.32 Å².